The highest BCUT2D eigenvalue weighted by Crippen LogP contribution is 2.30. The number of carbonyl (C=O) groups is 1. The van der Waals surface area contributed by atoms with Crippen molar-refractivity contribution in [3.8, 4) is 5.75 Å². The highest BCUT2D eigenvalue weighted by molar-refractivity contribution is 5.97. The van der Waals surface area contributed by atoms with Crippen LogP contribution in [0.1, 0.15) is 26.7 Å². The van der Waals surface area contributed by atoms with Crippen molar-refractivity contribution in [2.75, 3.05) is 54.9 Å². The molecule has 31 heavy (non-hydrogen) atoms. The lowest BCUT2D eigenvalue weighted by atomic mass is 10.2. The number of ether oxygens (including phenoxy) is 1. The maximum Gasteiger partial charge on any atom is 0.246 e. The molecule has 1 aliphatic carbocycles. The molecule has 1 heterocycles. The number of anilines is 3. The van der Waals surface area contributed by atoms with Crippen LogP contribution < -0.4 is 20.3 Å². The van der Waals surface area contributed by atoms with Gasteiger partial charge in [-0.15, -0.1) is 0 Å². The van der Waals surface area contributed by atoms with Crippen LogP contribution in [-0.2, 0) is 4.79 Å². The zero-order valence-electron chi connectivity index (χ0n) is 18.6. The quantitative estimate of drug-likeness (QED) is 0.638. The van der Waals surface area contributed by atoms with Crippen molar-refractivity contribution >= 4 is 23.0 Å². The van der Waals surface area contributed by atoms with Crippen molar-refractivity contribution in [3.05, 3.63) is 48.5 Å². The summed E-state index contributed by atoms with van der Waals surface area (Å²) in [5, 5.41) is 6.32. The molecule has 0 spiro atoms. The van der Waals surface area contributed by atoms with Gasteiger partial charge in [-0.2, -0.15) is 0 Å². The Kier molecular flexibility index (Phi) is 6.97. The second kappa shape index (κ2) is 10.1. The smallest absolute Gasteiger partial charge is 0.246 e. The van der Waals surface area contributed by atoms with Crippen LogP contribution in [0.3, 0.4) is 0 Å². The summed E-state index contributed by atoms with van der Waals surface area (Å²) in [7, 11) is 0. The predicted molar refractivity (Wildman–Crippen MR) is 127 cm³/mol. The van der Waals surface area contributed by atoms with Crippen LogP contribution >= 0.6 is 0 Å². The largest absolute Gasteiger partial charge is 0.492 e. The predicted octanol–water partition coefficient (Wildman–Crippen LogP) is 4.06. The number of nitrogens with zero attached hydrogens (tertiary/aromatic N) is 2. The molecule has 2 aromatic rings. The highest BCUT2D eigenvalue weighted by Gasteiger charge is 2.26. The first-order valence-corrected chi connectivity index (χ1v) is 11.5. The molecule has 6 heteroatoms. The molecule has 2 fully saturated rings. The van der Waals surface area contributed by atoms with E-state index in [1.807, 2.05) is 44.2 Å². The lowest BCUT2D eigenvalue weighted by Gasteiger charge is -2.36. The molecule has 2 aromatic carbocycles. The minimum Gasteiger partial charge on any atom is -0.492 e. The van der Waals surface area contributed by atoms with E-state index in [9.17, 15) is 4.79 Å². The van der Waals surface area contributed by atoms with E-state index in [2.05, 4.69) is 38.6 Å². The zero-order chi connectivity index (χ0) is 21.6. The van der Waals surface area contributed by atoms with Gasteiger partial charge in [-0.1, -0.05) is 18.2 Å². The van der Waals surface area contributed by atoms with Crippen molar-refractivity contribution < 1.29 is 9.53 Å². The first kappa shape index (κ1) is 21.5. The zero-order valence-corrected chi connectivity index (χ0v) is 18.6. The third-order valence-electron chi connectivity index (χ3n) is 6.02. The monoisotopic (exact) mass is 422 g/mol. The van der Waals surface area contributed by atoms with Crippen molar-refractivity contribution in [2.45, 2.75) is 32.7 Å². The molecule has 1 aliphatic heterocycles. The SMILES string of the molecule is CCOc1ccccc1NC(=O)C(C)Nc1cccc(N2CCN(CC3CC3)CC2)c1. The molecular weight excluding hydrogens is 388 g/mol. The summed E-state index contributed by atoms with van der Waals surface area (Å²) in [6.45, 7) is 10.0. The molecule has 1 amide bonds. The van der Waals surface area contributed by atoms with Gasteiger partial charge >= 0.3 is 0 Å². The summed E-state index contributed by atoms with van der Waals surface area (Å²) in [5.74, 6) is 1.55. The fraction of sp³-hybridized carbons (Fsp3) is 0.480. The van der Waals surface area contributed by atoms with E-state index in [0.717, 1.165) is 37.8 Å². The third kappa shape index (κ3) is 5.91. The van der Waals surface area contributed by atoms with Crippen LogP contribution in [0.25, 0.3) is 0 Å². The maximum absolute atomic E-state index is 12.7. The lowest BCUT2D eigenvalue weighted by Crippen LogP contribution is -2.47. The van der Waals surface area contributed by atoms with E-state index in [1.54, 1.807) is 0 Å². The number of benzene rings is 2. The normalized spacial score (nSPS) is 17.8. The molecule has 1 saturated carbocycles. The Morgan fingerprint density at radius 2 is 1.87 bits per heavy atom. The van der Waals surface area contributed by atoms with Crippen LogP contribution in [0, 0.1) is 5.92 Å². The minimum atomic E-state index is -0.375. The molecule has 6 nitrogen and oxygen atoms in total. The Labute approximate surface area is 185 Å². The molecule has 166 valence electrons. The van der Waals surface area contributed by atoms with Gasteiger partial charge in [0.15, 0.2) is 0 Å². The van der Waals surface area contributed by atoms with Gasteiger partial charge in [0.1, 0.15) is 11.8 Å². The average molecular weight is 423 g/mol. The summed E-state index contributed by atoms with van der Waals surface area (Å²) in [6.07, 6.45) is 2.83. The molecule has 2 aliphatic rings. The van der Waals surface area contributed by atoms with Gasteiger partial charge in [0.2, 0.25) is 5.91 Å². The average Bonchev–Trinajstić information content (AvgIpc) is 3.60. The van der Waals surface area contributed by atoms with Gasteiger partial charge in [-0.25, -0.2) is 0 Å². The van der Waals surface area contributed by atoms with Gasteiger partial charge in [-0.3, -0.25) is 9.69 Å². The highest BCUT2D eigenvalue weighted by atomic mass is 16.5. The Morgan fingerprint density at radius 3 is 2.61 bits per heavy atom. The number of para-hydroxylation sites is 2. The number of hydrogen-bond donors (Lipinski definition) is 2. The number of piperazine rings is 1. The molecule has 0 aromatic heterocycles. The van der Waals surface area contributed by atoms with Crippen LogP contribution in [0.15, 0.2) is 48.5 Å². The van der Waals surface area contributed by atoms with E-state index < -0.39 is 0 Å². The minimum absolute atomic E-state index is 0.0914. The number of hydrogen-bond acceptors (Lipinski definition) is 5. The lowest BCUT2D eigenvalue weighted by molar-refractivity contribution is -0.116. The molecule has 0 radical (unpaired) electrons. The third-order valence-corrected chi connectivity index (χ3v) is 6.02. The van der Waals surface area contributed by atoms with E-state index in [0.29, 0.717) is 18.0 Å². The van der Waals surface area contributed by atoms with Crippen LogP contribution in [0.5, 0.6) is 5.75 Å². The van der Waals surface area contributed by atoms with Crippen LogP contribution in [0.4, 0.5) is 17.1 Å². The number of carbonyl (C=O) groups excluding carboxylic acids is 1. The second-order valence-electron chi connectivity index (χ2n) is 8.57. The first-order valence-electron chi connectivity index (χ1n) is 11.5. The van der Waals surface area contributed by atoms with Crippen molar-refractivity contribution in [1.29, 1.82) is 0 Å². The molecule has 1 unspecified atom stereocenters. The Hall–Kier alpha value is -2.73. The fourth-order valence-electron chi connectivity index (χ4n) is 4.05. The standard InChI is InChI=1S/C25H34N4O2/c1-3-31-24-10-5-4-9-23(24)27-25(30)19(2)26-21-7-6-8-22(17-21)29-15-13-28(14-16-29)18-20-11-12-20/h4-10,17,19-20,26H,3,11-16,18H2,1-2H3,(H,27,30). The molecular formula is C25H34N4O2. The van der Waals surface area contributed by atoms with E-state index >= 15 is 0 Å². The molecule has 1 saturated heterocycles. The Balaban J connectivity index is 1.32. The van der Waals surface area contributed by atoms with Gasteiger partial charge in [-0.05, 0) is 62.9 Å². The molecule has 2 N–H and O–H groups in total. The first-order chi connectivity index (χ1) is 15.1. The maximum atomic E-state index is 12.7. The number of nitrogens with one attached hydrogen (secondary N) is 2. The summed E-state index contributed by atoms with van der Waals surface area (Å²) in [6, 6.07) is 15.5. The van der Waals surface area contributed by atoms with Gasteiger partial charge in [0.25, 0.3) is 0 Å². The van der Waals surface area contributed by atoms with Crippen molar-refractivity contribution in [3.63, 3.8) is 0 Å². The number of amides is 1. The summed E-state index contributed by atoms with van der Waals surface area (Å²) in [4.78, 5) is 17.8. The van der Waals surface area contributed by atoms with Gasteiger partial charge in [0, 0.05) is 44.1 Å². The Bertz CT molecular complexity index is 875. The summed E-state index contributed by atoms with van der Waals surface area (Å²) < 4.78 is 5.61. The summed E-state index contributed by atoms with van der Waals surface area (Å²) in [5.41, 5.74) is 2.87. The van der Waals surface area contributed by atoms with Gasteiger partial charge < -0.3 is 20.3 Å². The van der Waals surface area contributed by atoms with Crippen molar-refractivity contribution in [2.24, 2.45) is 5.92 Å². The van der Waals surface area contributed by atoms with E-state index in [-0.39, 0.29) is 11.9 Å². The molecule has 4 rings (SSSR count). The van der Waals surface area contributed by atoms with E-state index in [4.69, 9.17) is 4.74 Å². The summed E-state index contributed by atoms with van der Waals surface area (Å²) >= 11 is 0. The number of rotatable bonds is 9. The molecule has 0 bridgehead atoms. The van der Waals surface area contributed by atoms with Gasteiger partial charge in [0.05, 0.1) is 12.3 Å². The van der Waals surface area contributed by atoms with Crippen LogP contribution in [0.2, 0.25) is 0 Å². The van der Waals surface area contributed by atoms with Crippen LogP contribution in [-0.4, -0.2) is 56.2 Å². The van der Waals surface area contributed by atoms with E-state index in [1.165, 1.54) is 25.1 Å². The van der Waals surface area contributed by atoms with Crippen molar-refractivity contribution in [1.82, 2.24) is 4.90 Å². The Morgan fingerprint density at radius 1 is 1.10 bits per heavy atom. The fourth-order valence-corrected chi connectivity index (χ4v) is 4.05. The molecule has 1 atom stereocenters. The second-order valence-corrected chi connectivity index (χ2v) is 8.57. The topological polar surface area (TPSA) is 56.8 Å².